The molecule has 7 nitrogen and oxygen atoms in total. The molecule has 0 heterocycles. The molecule has 1 amide bonds. The lowest BCUT2D eigenvalue weighted by Crippen LogP contribution is -2.39. The molecule has 0 saturated carbocycles. The average Bonchev–Trinajstić information content (AvgIpc) is 2.43. The number of alkyl halides is 2. The van der Waals surface area contributed by atoms with Crippen LogP contribution in [0.1, 0.15) is 10.4 Å². The smallest absolute Gasteiger partial charge is 0.311 e. The molecule has 0 bridgehead atoms. The van der Waals surface area contributed by atoms with Gasteiger partial charge in [-0.15, -0.1) is 0 Å². The van der Waals surface area contributed by atoms with Gasteiger partial charge in [0.15, 0.2) is 0 Å². The highest BCUT2D eigenvalue weighted by Crippen LogP contribution is 2.30. The third-order valence-electron chi connectivity index (χ3n) is 2.38. The van der Waals surface area contributed by atoms with Crippen LogP contribution in [0.2, 0.25) is 0 Å². The van der Waals surface area contributed by atoms with Gasteiger partial charge < -0.3 is 15.2 Å². The van der Waals surface area contributed by atoms with Crippen molar-refractivity contribution in [2.24, 2.45) is 0 Å². The number of methoxy groups -OCH3 is 1. The quantitative estimate of drug-likeness (QED) is 0.600. The Hall–Kier alpha value is -2.29. The number of ether oxygens (including phenoxy) is 1. The molecule has 1 aromatic carbocycles. The number of nitro groups is 1. The summed E-state index contributed by atoms with van der Waals surface area (Å²) in [4.78, 5) is 21.7. The van der Waals surface area contributed by atoms with E-state index in [1.165, 1.54) is 12.1 Å². The largest absolute Gasteiger partial charge is 0.490 e. The van der Waals surface area contributed by atoms with Crippen molar-refractivity contribution in [1.29, 1.82) is 0 Å². The van der Waals surface area contributed by atoms with E-state index in [-0.39, 0.29) is 11.3 Å². The van der Waals surface area contributed by atoms with E-state index in [2.05, 4.69) is 0 Å². The van der Waals surface area contributed by atoms with E-state index < -0.39 is 35.6 Å². The maximum absolute atomic E-state index is 12.8. The molecule has 0 aromatic heterocycles. The number of aliphatic hydroxyl groups excluding tert-OH is 1. The summed E-state index contributed by atoms with van der Waals surface area (Å²) in [5, 5.41) is 21.0. The van der Waals surface area contributed by atoms with Gasteiger partial charge in [-0.05, 0) is 6.07 Å². The normalized spacial score (nSPS) is 11.0. The van der Waals surface area contributed by atoms with Gasteiger partial charge in [-0.3, -0.25) is 14.9 Å². The number of rotatable bonds is 6. The minimum Gasteiger partial charge on any atom is -0.490 e. The van der Waals surface area contributed by atoms with Gasteiger partial charge in [0.25, 0.3) is 11.8 Å². The summed E-state index contributed by atoms with van der Waals surface area (Å²) in [5.41, 5.74) is -0.690. The zero-order chi connectivity index (χ0) is 15.3. The third kappa shape index (κ3) is 3.60. The predicted molar refractivity (Wildman–Crippen MR) is 64.0 cm³/mol. The van der Waals surface area contributed by atoms with Crippen molar-refractivity contribution >= 4 is 11.6 Å². The Balaban J connectivity index is 2.99. The van der Waals surface area contributed by atoms with Crippen LogP contribution in [0.5, 0.6) is 5.75 Å². The molecular weight excluding hydrogens is 278 g/mol. The average molecular weight is 290 g/mol. The number of nitro benzene ring substituents is 1. The number of nitrogens with zero attached hydrogens (tertiary/aromatic N) is 1. The first kappa shape index (κ1) is 15.8. The first-order valence-electron chi connectivity index (χ1n) is 5.40. The van der Waals surface area contributed by atoms with E-state index in [1.54, 1.807) is 0 Å². The fourth-order valence-corrected chi connectivity index (χ4v) is 1.42. The Morgan fingerprint density at radius 3 is 2.70 bits per heavy atom. The predicted octanol–water partition coefficient (Wildman–Crippen LogP) is 0.961. The number of aliphatic hydroxyl groups is 1. The zero-order valence-corrected chi connectivity index (χ0v) is 10.4. The minimum atomic E-state index is -3.47. The van der Waals surface area contributed by atoms with E-state index in [0.29, 0.717) is 0 Å². The Bertz CT molecular complexity index is 522. The molecule has 0 aliphatic heterocycles. The Morgan fingerprint density at radius 1 is 1.55 bits per heavy atom. The zero-order valence-electron chi connectivity index (χ0n) is 10.4. The molecule has 110 valence electrons. The van der Waals surface area contributed by atoms with Crippen molar-refractivity contribution in [2.45, 2.75) is 5.92 Å². The second kappa shape index (κ2) is 6.24. The molecule has 0 atom stereocenters. The SMILES string of the molecule is COc1c(C(=O)NCC(F)(F)CO)cccc1[N+](=O)[O-]. The fraction of sp³-hybridized carbons (Fsp3) is 0.364. The lowest BCUT2D eigenvalue weighted by Gasteiger charge is -2.14. The molecule has 2 N–H and O–H groups in total. The van der Waals surface area contributed by atoms with Gasteiger partial charge in [0.1, 0.15) is 6.61 Å². The molecule has 0 fully saturated rings. The number of nitrogens with one attached hydrogen (secondary N) is 1. The molecule has 0 aliphatic rings. The van der Waals surface area contributed by atoms with Crippen LogP contribution in [0.4, 0.5) is 14.5 Å². The molecule has 0 unspecified atom stereocenters. The summed E-state index contributed by atoms with van der Waals surface area (Å²) in [5.74, 6) is -4.75. The van der Waals surface area contributed by atoms with Gasteiger partial charge in [0.05, 0.1) is 24.1 Å². The van der Waals surface area contributed by atoms with Gasteiger partial charge in [-0.1, -0.05) is 6.07 Å². The van der Waals surface area contributed by atoms with Gasteiger partial charge >= 0.3 is 5.69 Å². The van der Waals surface area contributed by atoms with Crippen LogP contribution in [0.25, 0.3) is 0 Å². The standard InChI is InChI=1S/C11H12F2N2O5/c1-20-9-7(3-2-4-8(9)15(18)19)10(17)14-5-11(12,13)6-16/h2-4,16H,5-6H2,1H3,(H,14,17). The lowest BCUT2D eigenvalue weighted by molar-refractivity contribution is -0.385. The fourth-order valence-electron chi connectivity index (χ4n) is 1.42. The van der Waals surface area contributed by atoms with E-state index in [0.717, 1.165) is 13.2 Å². The first-order chi connectivity index (χ1) is 9.32. The van der Waals surface area contributed by atoms with Crippen molar-refractivity contribution in [3.63, 3.8) is 0 Å². The molecule has 1 aromatic rings. The van der Waals surface area contributed by atoms with Crippen LogP contribution >= 0.6 is 0 Å². The molecule has 0 radical (unpaired) electrons. The Morgan fingerprint density at radius 2 is 2.20 bits per heavy atom. The maximum Gasteiger partial charge on any atom is 0.311 e. The summed E-state index contributed by atoms with van der Waals surface area (Å²) in [7, 11) is 1.13. The number of hydrogen-bond donors (Lipinski definition) is 2. The topological polar surface area (TPSA) is 102 Å². The summed E-state index contributed by atoms with van der Waals surface area (Å²) >= 11 is 0. The van der Waals surface area contributed by atoms with Crippen LogP contribution in [-0.4, -0.2) is 42.1 Å². The number of benzene rings is 1. The van der Waals surface area contributed by atoms with E-state index in [1.807, 2.05) is 5.32 Å². The van der Waals surface area contributed by atoms with Crippen molar-refractivity contribution in [1.82, 2.24) is 5.32 Å². The highest BCUT2D eigenvalue weighted by Gasteiger charge is 2.29. The lowest BCUT2D eigenvalue weighted by atomic mass is 10.1. The Labute approximate surface area is 112 Å². The van der Waals surface area contributed by atoms with Crippen LogP contribution in [0.3, 0.4) is 0 Å². The second-order valence-corrected chi connectivity index (χ2v) is 3.81. The van der Waals surface area contributed by atoms with Crippen molar-refractivity contribution in [3.05, 3.63) is 33.9 Å². The summed E-state index contributed by atoms with van der Waals surface area (Å²) < 4.78 is 30.4. The number of halogens is 2. The number of hydrogen-bond acceptors (Lipinski definition) is 5. The maximum atomic E-state index is 12.8. The number of amides is 1. The molecule has 9 heteroatoms. The summed E-state index contributed by atoms with van der Waals surface area (Å²) in [6.45, 7) is -2.51. The monoisotopic (exact) mass is 290 g/mol. The number of para-hydroxylation sites is 1. The second-order valence-electron chi connectivity index (χ2n) is 3.81. The van der Waals surface area contributed by atoms with Gasteiger partial charge in [0.2, 0.25) is 5.75 Å². The number of carbonyl (C=O) groups is 1. The van der Waals surface area contributed by atoms with Crippen LogP contribution < -0.4 is 10.1 Å². The van der Waals surface area contributed by atoms with E-state index in [9.17, 15) is 23.7 Å². The summed E-state index contributed by atoms with van der Waals surface area (Å²) in [6.07, 6.45) is 0. The van der Waals surface area contributed by atoms with Gasteiger partial charge in [-0.25, -0.2) is 8.78 Å². The Kier molecular flexibility index (Phi) is 4.92. The van der Waals surface area contributed by atoms with Crippen molar-refractivity contribution in [2.75, 3.05) is 20.3 Å². The van der Waals surface area contributed by atoms with Crippen LogP contribution in [0, 0.1) is 10.1 Å². The molecular formula is C11H12F2N2O5. The van der Waals surface area contributed by atoms with Gasteiger partial charge in [0, 0.05) is 6.07 Å². The van der Waals surface area contributed by atoms with E-state index >= 15 is 0 Å². The van der Waals surface area contributed by atoms with Crippen molar-refractivity contribution < 1.29 is 28.3 Å². The molecule has 0 spiro atoms. The van der Waals surface area contributed by atoms with Crippen LogP contribution in [-0.2, 0) is 0 Å². The highest BCUT2D eigenvalue weighted by molar-refractivity contribution is 5.98. The van der Waals surface area contributed by atoms with E-state index in [4.69, 9.17) is 9.84 Å². The molecule has 0 saturated heterocycles. The highest BCUT2D eigenvalue weighted by atomic mass is 19.3. The number of carbonyl (C=O) groups excluding carboxylic acids is 1. The van der Waals surface area contributed by atoms with Crippen LogP contribution in [0.15, 0.2) is 18.2 Å². The minimum absolute atomic E-state index is 0.240. The summed E-state index contributed by atoms with van der Waals surface area (Å²) in [6, 6.07) is 3.57. The van der Waals surface area contributed by atoms with Crippen molar-refractivity contribution in [3.8, 4) is 5.75 Å². The molecule has 1 rings (SSSR count). The third-order valence-corrected chi connectivity index (χ3v) is 2.38. The molecule has 0 aliphatic carbocycles. The van der Waals surface area contributed by atoms with Gasteiger partial charge in [-0.2, -0.15) is 0 Å². The molecule has 20 heavy (non-hydrogen) atoms. The first-order valence-corrected chi connectivity index (χ1v) is 5.40.